The molecule has 192 valence electrons. The number of nitrogens with one attached hydrogen (secondary N) is 3. The first kappa shape index (κ1) is 25.6. The number of nitrogens with zero attached hydrogens (tertiary/aromatic N) is 3. The van der Waals surface area contributed by atoms with Gasteiger partial charge in [-0.2, -0.15) is 0 Å². The van der Waals surface area contributed by atoms with E-state index in [9.17, 15) is 14.4 Å². The summed E-state index contributed by atoms with van der Waals surface area (Å²) in [6.45, 7) is 5.19. The number of alkyl carbamates (subject to hydrolysis) is 1. The first-order valence-corrected chi connectivity index (χ1v) is 11.9. The second-order valence-corrected chi connectivity index (χ2v) is 9.65. The van der Waals surface area contributed by atoms with Crippen LogP contribution in [0.15, 0.2) is 72.1 Å². The largest absolute Gasteiger partial charge is 0.444 e. The highest BCUT2D eigenvalue weighted by molar-refractivity contribution is 6.20. The second kappa shape index (κ2) is 10.7. The molecule has 10 nitrogen and oxygen atoms in total. The lowest BCUT2D eigenvalue weighted by Gasteiger charge is -2.25. The molecule has 0 saturated heterocycles. The minimum absolute atomic E-state index is 0.108. The van der Waals surface area contributed by atoms with Crippen molar-refractivity contribution >= 4 is 29.3 Å². The molecule has 1 aliphatic heterocycles. The molecule has 3 amide bonds. The number of rotatable bonds is 6. The smallest absolute Gasteiger partial charge is 0.408 e. The topological polar surface area (TPSA) is 129 Å². The zero-order chi connectivity index (χ0) is 26.6. The summed E-state index contributed by atoms with van der Waals surface area (Å²) in [6.07, 6.45) is 1.18. The van der Waals surface area contributed by atoms with E-state index in [1.807, 2.05) is 54.6 Å². The van der Waals surface area contributed by atoms with E-state index in [1.165, 1.54) is 11.2 Å². The van der Waals surface area contributed by atoms with E-state index in [1.54, 1.807) is 34.0 Å². The number of anilines is 1. The predicted molar refractivity (Wildman–Crippen MR) is 139 cm³/mol. The Hall–Kier alpha value is -4.47. The maximum atomic E-state index is 13.5. The number of hydrogen-bond acceptors (Lipinski definition) is 6. The molecule has 1 aliphatic rings. The molecule has 0 bridgehead atoms. The third-order valence-corrected chi connectivity index (χ3v) is 5.66. The highest BCUT2D eigenvalue weighted by atomic mass is 16.6. The summed E-state index contributed by atoms with van der Waals surface area (Å²) in [7, 11) is 1.64. The molecule has 3 N–H and O–H groups in total. The third kappa shape index (κ3) is 6.21. The molecule has 4 rings (SSSR count). The van der Waals surface area contributed by atoms with Crippen LogP contribution in [-0.2, 0) is 20.7 Å². The first-order chi connectivity index (χ1) is 17.6. The highest BCUT2D eigenvalue weighted by Crippen LogP contribution is 2.27. The molecule has 2 atom stereocenters. The molecule has 37 heavy (non-hydrogen) atoms. The molecule has 0 spiro atoms. The molecule has 0 radical (unpaired) electrons. The van der Waals surface area contributed by atoms with Gasteiger partial charge in [0, 0.05) is 36.5 Å². The number of fused-ring (bicyclic) bond motifs is 1. The maximum Gasteiger partial charge on any atom is 0.408 e. The van der Waals surface area contributed by atoms with Crippen molar-refractivity contribution in [2.75, 3.05) is 11.9 Å². The number of aromatic nitrogens is 2. The maximum absolute atomic E-state index is 13.5. The van der Waals surface area contributed by atoms with Crippen molar-refractivity contribution in [3.05, 3.63) is 83.9 Å². The van der Waals surface area contributed by atoms with Crippen LogP contribution in [0.5, 0.6) is 0 Å². The number of aromatic amines is 1. The van der Waals surface area contributed by atoms with Gasteiger partial charge in [-0.05, 0) is 26.8 Å². The fourth-order valence-electron chi connectivity index (χ4n) is 3.95. The number of amides is 3. The van der Waals surface area contributed by atoms with Crippen LogP contribution in [0.25, 0.3) is 0 Å². The summed E-state index contributed by atoms with van der Waals surface area (Å²) >= 11 is 0. The number of para-hydroxylation sites is 1. The third-order valence-electron chi connectivity index (χ3n) is 5.66. The Morgan fingerprint density at radius 2 is 1.81 bits per heavy atom. The van der Waals surface area contributed by atoms with Crippen molar-refractivity contribution in [2.45, 2.75) is 45.0 Å². The molecule has 10 heteroatoms. The Bertz CT molecular complexity index is 1300. The van der Waals surface area contributed by atoms with Crippen molar-refractivity contribution in [3.63, 3.8) is 0 Å². The van der Waals surface area contributed by atoms with Crippen LogP contribution in [0.1, 0.15) is 37.6 Å². The number of ether oxygens (including phenoxy) is 1. The molecule has 0 aliphatic carbocycles. The standard InChI is InChI=1S/C27H30N6O4/c1-27(2,3)37-26(36)30-20(14-18-15-28-16-29-18)24(34)32-23-25(35)33(4)21-13-9-8-12-19(21)22(31-23)17-10-6-5-7-11-17/h5-13,15-16,20,23H,14H2,1-4H3,(H,28,29)(H,30,36)(H,32,34)/t20-,23+/m1/s1. The lowest BCUT2D eigenvalue weighted by Crippen LogP contribution is -2.54. The van der Waals surface area contributed by atoms with Gasteiger partial charge >= 0.3 is 6.09 Å². The summed E-state index contributed by atoms with van der Waals surface area (Å²) in [4.78, 5) is 52.5. The van der Waals surface area contributed by atoms with Gasteiger partial charge in [0.2, 0.25) is 12.1 Å². The van der Waals surface area contributed by atoms with Crippen molar-refractivity contribution < 1.29 is 19.1 Å². The van der Waals surface area contributed by atoms with E-state index in [0.717, 1.165) is 11.1 Å². The van der Waals surface area contributed by atoms with Crippen LogP contribution < -0.4 is 15.5 Å². The number of imidazole rings is 1. The average Bonchev–Trinajstić information content (AvgIpc) is 3.34. The minimum Gasteiger partial charge on any atom is -0.444 e. The number of carbonyl (C=O) groups excluding carboxylic acids is 3. The van der Waals surface area contributed by atoms with Gasteiger partial charge in [-0.25, -0.2) is 14.8 Å². The van der Waals surface area contributed by atoms with Crippen molar-refractivity contribution in [3.8, 4) is 0 Å². The Kier molecular flexibility index (Phi) is 7.37. The van der Waals surface area contributed by atoms with E-state index in [0.29, 0.717) is 17.1 Å². The summed E-state index contributed by atoms with van der Waals surface area (Å²) < 4.78 is 5.34. The van der Waals surface area contributed by atoms with Crippen LogP contribution in [0.2, 0.25) is 0 Å². The van der Waals surface area contributed by atoms with Gasteiger partial charge in [-0.15, -0.1) is 0 Å². The first-order valence-electron chi connectivity index (χ1n) is 11.9. The molecule has 2 heterocycles. The van der Waals surface area contributed by atoms with E-state index in [2.05, 4.69) is 20.6 Å². The van der Waals surface area contributed by atoms with E-state index < -0.39 is 35.7 Å². The molecule has 0 unspecified atom stereocenters. The van der Waals surface area contributed by atoms with Crippen LogP contribution in [0, 0.1) is 0 Å². The number of benzene rings is 2. The minimum atomic E-state index is -1.22. The summed E-state index contributed by atoms with van der Waals surface area (Å²) in [6, 6.07) is 15.9. The second-order valence-electron chi connectivity index (χ2n) is 9.65. The van der Waals surface area contributed by atoms with Crippen molar-refractivity contribution in [2.24, 2.45) is 4.99 Å². The normalized spacial score (nSPS) is 16.2. The lowest BCUT2D eigenvalue weighted by molar-refractivity contribution is -0.128. The number of hydrogen-bond donors (Lipinski definition) is 3. The SMILES string of the molecule is CN1C(=O)[C@H](NC(=O)[C@@H](Cc2cnc[nH]2)NC(=O)OC(C)(C)C)N=C(c2ccccc2)c2ccccc21. The fraction of sp³-hybridized carbons (Fsp3) is 0.296. The predicted octanol–water partition coefficient (Wildman–Crippen LogP) is 2.80. The molecule has 0 saturated carbocycles. The molecule has 2 aromatic carbocycles. The van der Waals surface area contributed by atoms with E-state index in [4.69, 9.17) is 9.73 Å². The van der Waals surface area contributed by atoms with Crippen LogP contribution in [-0.4, -0.2) is 58.4 Å². The van der Waals surface area contributed by atoms with Gasteiger partial charge in [-0.3, -0.25) is 9.59 Å². The fourth-order valence-corrected chi connectivity index (χ4v) is 3.95. The zero-order valence-corrected chi connectivity index (χ0v) is 21.2. The number of carbonyl (C=O) groups is 3. The Labute approximate surface area is 215 Å². The Morgan fingerprint density at radius 3 is 2.49 bits per heavy atom. The monoisotopic (exact) mass is 502 g/mol. The summed E-state index contributed by atoms with van der Waals surface area (Å²) in [5.41, 5.74) is 2.69. The zero-order valence-electron chi connectivity index (χ0n) is 21.2. The van der Waals surface area contributed by atoms with Gasteiger partial charge in [0.15, 0.2) is 0 Å². The van der Waals surface area contributed by atoms with Crippen LogP contribution in [0.3, 0.4) is 0 Å². The van der Waals surface area contributed by atoms with Crippen molar-refractivity contribution in [1.82, 2.24) is 20.6 Å². The van der Waals surface area contributed by atoms with E-state index >= 15 is 0 Å². The molecule has 0 fully saturated rings. The molecule has 3 aromatic rings. The van der Waals surface area contributed by atoms with Gasteiger partial charge < -0.3 is 25.3 Å². The van der Waals surface area contributed by atoms with Crippen molar-refractivity contribution in [1.29, 1.82) is 0 Å². The number of benzodiazepines with no additional fused rings is 1. The Morgan fingerprint density at radius 1 is 1.11 bits per heavy atom. The highest BCUT2D eigenvalue weighted by Gasteiger charge is 2.33. The molecule has 1 aromatic heterocycles. The average molecular weight is 503 g/mol. The van der Waals surface area contributed by atoms with Gasteiger partial charge in [0.25, 0.3) is 5.91 Å². The van der Waals surface area contributed by atoms with Gasteiger partial charge in [0.1, 0.15) is 11.6 Å². The lowest BCUT2D eigenvalue weighted by atomic mass is 10.0. The van der Waals surface area contributed by atoms with Crippen LogP contribution >= 0.6 is 0 Å². The number of likely N-dealkylation sites (N-methyl/N-ethyl adjacent to an activating group) is 1. The summed E-state index contributed by atoms with van der Waals surface area (Å²) in [5, 5.41) is 5.34. The van der Waals surface area contributed by atoms with E-state index in [-0.39, 0.29) is 6.42 Å². The van der Waals surface area contributed by atoms with Crippen LogP contribution in [0.4, 0.5) is 10.5 Å². The molecular weight excluding hydrogens is 472 g/mol. The summed E-state index contributed by atoms with van der Waals surface area (Å²) in [5.74, 6) is -1.00. The quantitative estimate of drug-likeness (QED) is 0.477. The number of H-pyrrole nitrogens is 1. The molecular formula is C27H30N6O4. The van der Waals surface area contributed by atoms with Gasteiger partial charge in [0.05, 0.1) is 17.7 Å². The van der Waals surface area contributed by atoms with Gasteiger partial charge in [-0.1, -0.05) is 48.5 Å². The number of aliphatic imine (C=N–C) groups is 1. The Balaban J connectivity index is 1.65.